The van der Waals surface area contributed by atoms with Crippen LogP contribution in [0.3, 0.4) is 0 Å². The molecule has 1 saturated heterocycles. The molecule has 2 heterocycles. The van der Waals surface area contributed by atoms with E-state index < -0.39 is 6.03 Å². The lowest BCUT2D eigenvalue weighted by molar-refractivity contribution is -0.138. The number of likely N-dealkylation sites (tertiary alicyclic amines) is 1. The summed E-state index contributed by atoms with van der Waals surface area (Å²) in [5, 5.41) is 3.29. The highest BCUT2D eigenvalue weighted by Crippen LogP contribution is 2.39. The van der Waals surface area contributed by atoms with E-state index in [9.17, 15) is 9.59 Å². The average molecular weight is 389 g/mol. The maximum Gasteiger partial charge on any atom is 0.315 e. The second kappa shape index (κ2) is 7.53. The lowest BCUT2D eigenvalue weighted by atomic mass is 9.71. The fraction of sp³-hybridized carbons (Fsp3) is 0.619. The fourth-order valence-corrected chi connectivity index (χ4v) is 4.72. The molecule has 1 unspecified atom stereocenters. The Balaban J connectivity index is 1.70. The summed E-state index contributed by atoms with van der Waals surface area (Å²) in [6.07, 6.45) is 1.06. The van der Waals surface area contributed by atoms with Gasteiger partial charge in [0.2, 0.25) is 5.91 Å². The first-order chi connectivity index (χ1) is 13.1. The summed E-state index contributed by atoms with van der Waals surface area (Å²) in [6.45, 7) is 10.8. The molecular formula is C21H32N4O3. The van der Waals surface area contributed by atoms with Gasteiger partial charge in [-0.15, -0.1) is 0 Å². The van der Waals surface area contributed by atoms with Crippen LogP contribution in [0.25, 0.3) is 0 Å². The van der Waals surface area contributed by atoms with Gasteiger partial charge in [-0.25, -0.2) is 4.79 Å². The number of nitrogens with one attached hydrogen (secondary N) is 1. The van der Waals surface area contributed by atoms with Crippen LogP contribution in [-0.4, -0.2) is 60.6 Å². The molecule has 2 aliphatic rings. The first-order valence-corrected chi connectivity index (χ1v) is 9.86. The minimum Gasteiger partial charge on any atom is -0.489 e. The van der Waals surface area contributed by atoms with Crippen molar-refractivity contribution >= 4 is 17.6 Å². The van der Waals surface area contributed by atoms with Crippen molar-refractivity contribution in [3.8, 4) is 5.75 Å². The number of rotatable bonds is 3. The summed E-state index contributed by atoms with van der Waals surface area (Å²) < 4.78 is 5.85. The highest BCUT2D eigenvalue weighted by molar-refractivity contribution is 5.84. The van der Waals surface area contributed by atoms with Gasteiger partial charge in [-0.2, -0.15) is 0 Å². The third-order valence-electron chi connectivity index (χ3n) is 5.42. The number of urea groups is 1. The molecule has 28 heavy (non-hydrogen) atoms. The van der Waals surface area contributed by atoms with Crippen LogP contribution in [0.4, 0.5) is 10.5 Å². The molecule has 7 heteroatoms. The van der Waals surface area contributed by atoms with Gasteiger partial charge in [0.05, 0.1) is 11.7 Å². The SMILES string of the molecule is CC1(C)CN(C(=O)CN(C(N)=O)C2CNc3ccccc3OC2)CC(C)(C)C1. The van der Waals surface area contributed by atoms with Crippen LogP contribution >= 0.6 is 0 Å². The van der Waals surface area contributed by atoms with E-state index in [4.69, 9.17) is 10.5 Å². The molecule has 1 aromatic carbocycles. The van der Waals surface area contributed by atoms with Crippen molar-refractivity contribution in [2.75, 3.05) is 38.1 Å². The van der Waals surface area contributed by atoms with Crippen molar-refractivity contribution in [3.05, 3.63) is 24.3 Å². The van der Waals surface area contributed by atoms with Gasteiger partial charge >= 0.3 is 6.03 Å². The molecule has 1 atom stereocenters. The van der Waals surface area contributed by atoms with E-state index >= 15 is 0 Å². The van der Waals surface area contributed by atoms with E-state index in [1.807, 2.05) is 29.2 Å². The van der Waals surface area contributed by atoms with Crippen molar-refractivity contribution in [2.24, 2.45) is 16.6 Å². The van der Waals surface area contributed by atoms with Gasteiger partial charge in [0.1, 0.15) is 18.9 Å². The van der Waals surface area contributed by atoms with E-state index in [0.29, 0.717) is 19.6 Å². The number of hydrogen-bond acceptors (Lipinski definition) is 4. The van der Waals surface area contributed by atoms with Crippen LogP contribution in [0.1, 0.15) is 34.1 Å². The lowest BCUT2D eigenvalue weighted by Gasteiger charge is -2.47. The minimum atomic E-state index is -0.606. The number of hydrogen-bond donors (Lipinski definition) is 2. The number of nitrogens with zero attached hydrogens (tertiary/aromatic N) is 2. The molecule has 0 aromatic heterocycles. The van der Waals surface area contributed by atoms with Crippen LogP contribution in [0, 0.1) is 10.8 Å². The zero-order valence-corrected chi connectivity index (χ0v) is 17.3. The van der Waals surface area contributed by atoms with Gasteiger partial charge in [0.25, 0.3) is 0 Å². The van der Waals surface area contributed by atoms with E-state index in [0.717, 1.165) is 17.9 Å². The maximum atomic E-state index is 13.1. The Labute approximate surface area is 167 Å². The van der Waals surface area contributed by atoms with Crippen LogP contribution in [0.2, 0.25) is 0 Å². The summed E-state index contributed by atoms with van der Waals surface area (Å²) in [5.41, 5.74) is 6.61. The number of benzene rings is 1. The Kier molecular flexibility index (Phi) is 5.46. The second-order valence-corrected chi connectivity index (χ2v) is 9.56. The summed E-state index contributed by atoms with van der Waals surface area (Å²) in [4.78, 5) is 28.5. The molecule has 0 radical (unpaired) electrons. The lowest BCUT2D eigenvalue weighted by Crippen LogP contribution is -2.57. The Bertz CT molecular complexity index is 704. The van der Waals surface area contributed by atoms with Crippen molar-refractivity contribution < 1.29 is 14.3 Å². The Morgan fingerprint density at radius 1 is 1.21 bits per heavy atom. The van der Waals surface area contributed by atoms with Crippen molar-refractivity contribution in [1.82, 2.24) is 9.80 Å². The summed E-state index contributed by atoms with van der Waals surface area (Å²) in [7, 11) is 0. The molecule has 3 rings (SSSR count). The van der Waals surface area contributed by atoms with E-state index in [2.05, 4.69) is 33.0 Å². The summed E-state index contributed by atoms with van der Waals surface area (Å²) in [5.74, 6) is 0.668. The van der Waals surface area contributed by atoms with Gasteiger partial charge in [0.15, 0.2) is 0 Å². The van der Waals surface area contributed by atoms with E-state index in [-0.39, 0.29) is 35.9 Å². The summed E-state index contributed by atoms with van der Waals surface area (Å²) in [6, 6.07) is 6.70. The molecule has 154 valence electrons. The number of piperidine rings is 1. The van der Waals surface area contributed by atoms with Crippen LogP contribution in [-0.2, 0) is 4.79 Å². The Hall–Kier alpha value is -2.44. The predicted octanol–water partition coefficient (Wildman–Crippen LogP) is 2.52. The number of anilines is 1. The number of carbonyl (C=O) groups is 2. The standard InChI is InChI=1S/C21H32N4O3/c1-20(2)12-21(3,4)14-24(13-20)18(26)10-25(19(22)27)15-9-23-16-7-5-6-8-17(16)28-11-15/h5-8,15,23H,9-14H2,1-4H3,(H2,22,27). The molecule has 0 aliphatic carbocycles. The van der Waals surface area contributed by atoms with Crippen LogP contribution in [0.5, 0.6) is 5.75 Å². The van der Waals surface area contributed by atoms with Gasteiger partial charge in [-0.1, -0.05) is 39.8 Å². The highest BCUT2D eigenvalue weighted by atomic mass is 16.5. The first kappa shape index (κ1) is 20.3. The highest BCUT2D eigenvalue weighted by Gasteiger charge is 2.40. The topological polar surface area (TPSA) is 87.9 Å². The molecule has 0 saturated carbocycles. The Morgan fingerprint density at radius 3 is 2.50 bits per heavy atom. The van der Waals surface area contributed by atoms with Crippen LogP contribution in [0.15, 0.2) is 24.3 Å². The quantitative estimate of drug-likeness (QED) is 0.833. The maximum absolute atomic E-state index is 13.1. The first-order valence-electron chi connectivity index (χ1n) is 9.86. The van der Waals surface area contributed by atoms with Crippen LogP contribution < -0.4 is 15.8 Å². The monoisotopic (exact) mass is 388 g/mol. The largest absolute Gasteiger partial charge is 0.489 e. The number of ether oxygens (including phenoxy) is 1. The van der Waals surface area contributed by atoms with Crippen molar-refractivity contribution in [3.63, 3.8) is 0 Å². The van der Waals surface area contributed by atoms with Crippen molar-refractivity contribution in [1.29, 1.82) is 0 Å². The number of para-hydroxylation sites is 2. The zero-order valence-electron chi connectivity index (χ0n) is 17.3. The normalized spacial score (nSPS) is 22.9. The number of carbonyl (C=O) groups excluding carboxylic acids is 2. The van der Waals surface area contributed by atoms with E-state index in [1.165, 1.54) is 4.90 Å². The predicted molar refractivity (Wildman–Crippen MR) is 109 cm³/mol. The van der Waals surface area contributed by atoms with Gasteiger partial charge in [0, 0.05) is 19.6 Å². The fourth-order valence-electron chi connectivity index (χ4n) is 4.72. The van der Waals surface area contributed by atoms with E-state index in [1.54, 1.807) is 0 Å². The number of fused-ring (bicyclic) bond motifs is 1. The number of nitrogens with two attached hydrogens (primary N) is 1. The molecule has 0 spiro atoms. The molecule has 1 aromatic rings. The van der Waals surface area contributed by atoms with Crippen molar-refractivity contribution in [2.45, 2.75) is 40.2 Å². The molecular weight excluding hydrogens is 356 g/mol. The smallest absolute Gasteiger partial charge is 0.315 e. The molecule has 3 N–H and O–H groups in total. The third kappa shape index (κ3) is 4.69. The zero-order chi connectivity index (χ0) is 20.5. The number of amides is 3. The van der Waals surface area contributed by atoms with Gasteiger partial charge in [-0.05, 0) is 29.4 Å². The average Bonchev–Trinajstić information content (AvgIpc) is 2.79. The molecule has 1 fully saturated rings. The molecule has 3 amide bonds. The molecule has 2 aliphatic heterocycles. The van der Waals surface area contributed by atoms with Gasteiger partial charge in [-0.3, -0.25) is 4.79 Å². The molecule has 7 nitrogen and oxygen atoms in total. The Morgan fingerprint density at radius 2 is 1.86 bits per heavy atom. The van der Waals surface area contributed by atoms with Gasteiger partial charge < -0.3 is 25.6 Å². The third-order valence-corrected chi connectivity index (χ3v) is 5.42. The number of primary amides is 1. The second-order valence-electron chi connectivity index (χ2n) is 9.56. The molecule has 0 bridgehead atoms. The minimum absolute atomic E-state index is 0.0342. The summed E-state index contributed by atoms with van der Waals surface area (Å²) >= 11 is 0.